The molecule has 0 spiro atoms. The number of alkyl halides is 3. The number of H-pyrrole nitrogens is 1. The Hall–Kier alpha value is -2.53. The van der Waals surface area contributed by atoms with Crippen molar-refractivity contribution in [1.29, 1.82) is 5.26 Å². The maximum absolute atomic E-state index is 12.9. The van der Waals surface area contributed by atoms with Crippen LogP contribution in [0.3, 0.4) is 0 Å². The molecule has 0 fully saturated rings. The van der Waals surface area contributed by atoms with Gasteiger partial charge in [0.05, 0.1) is 18.0 Å². The first-order chi connectivity index (χ1) is 10.2. The first kappa shape index (κ1) is 15.9. The fourth-order valence-corrected chi connectivity index (χ4v) is 1.88. The van der Waals surface area contributed by atoms with Crippen LogP contribution >= 0.6 is 11.6 Å². The molecular formula is C13H7ClF3N3O2. The molecule has 0 amide bonds. The first-order valence-corrected chi connectivity index (χ1v) is 6.15. The summed E-state index contributed by atoms with van der Waals surface area (Å²) >= 11 is 5.78. The van der Waals surface area contributed by atoms with Gasteiger partial charge >= 0.3 is 6.18 Å². The molecule has 0 atom stereocenters. The van der Waals surface area contributed by atoms with Crippen LogP contribution in [0.2, 0.25) is 5.02 Å². The Morgan fingerprint density at radius 2 is 2.09 bits per heavy atom. The van der Waals surface area contributed by atoms with Crippen LogP contribution in [-0.2, 0) is 6.18 Å². The lowest BCUT2D eigenvalue weighted by atomic mass is 10.1. The molecule has 0 saturated heterocycles. The maximum atomic E-state index is 12.9. The van der Waals surface area contributed by atoms with Crippen LogP contribution in [0.15, 0.2) is 23.3 Å². The molecular weight excluding hydrogens is 323 g/mol. The van der Waals surface area contributed by atoms with Gasteiger partial charge in [-0.25, -0.2) is 4.98 Å². The van der Waals surface area contributed by atoms with Crippen LogP contribution in [0.25, 0.3) is 0 Å². The largest absolute Gasteiger partial charge is 0.449 e. The Labute approximate surface area is 126 Å². The van der Waals surface area contributed by atoms with Crippen LogP contribution in [0.1, 0.15) is 16.8 Å². The highest BCUT2D eigenvalue weighted by molar-refractivity contribution is 6.30. The smallest absolute Gasteiger partial charge is 0.437 e. The summed E-state index contributed by atoms with van der Waals surface area (Å²) in [4.78, 5) is 16.7. The number of hydrogen-bond acceptors (Lipinski definition) is 4. The number of nitrogens with zero attached hydrogens (tertiary/aromatic N) is 2. The molecule has 0 unspecified atom stereocenters. The molecule has 1 N–H and O–H groups in total. The fourth-order valence-electron chi connectivity index (χ4n) is 1.67. The van der Waals surface area contributed by atoms with E-state index in [1.807, 2.05) is 11.1 Å². The van der Waals surface area contributed by atoms with Crippen molar-refractivity contribution < 1.29 is 17.9 Å². The van der Waals surface area contributed by atoms with Gasteiger partial charge in [-0.2, -0.15) is 18.4 Å². The van der Waals surface area contributed by atoms with Gasteiger partial charge in [-0.3, -0.25) is 4.79 Å². The monoisotopic (exact) mass is 329 g/mol. The molecule has 0 aliphatic rings. The van der Waals surface area contributed by atoms with Gasteiger partial charge in [-0.05, 0) is 19.1 Å². The van der Waals surface area contributed by atoms with Gasteiger partial charge in [0.2, 0.25) is 5.75 Å². The predicted molar refractivity (Wildman–Crippen MR) is 70.8 cm³/mol. The zero-order valence-corrected chi connectivity index (χ0v) is 11.7. The van der Waals surface area contributed by atoms with E-state index in [1.165, 1.54) is 19.1 Å². The summed E-state index contributed by atoms with van der Waals surface area (Å²) < 4.78 is 43.7. The van der Waals surface area contributed by atoms with E-state index in [2.05, 4.69) is 4.98 Å². The van der Waals surface area contributed by atoms with E-state index >= 15 is 0 Å². The van der Waals surface area contributed by atoms with Gasteiger partial charge < -0.3 is 9.72 Å². The van der Waals surface area contributed by atoms with Crippen molar-refractivity contribution >= 4 is 11.6 Å². The minimum Gasteiger partial charge on any atom is -0.449 e. The van der Waals surface area contributed by atoms with Gasteiger partial charge in [0, 0.05) is 10.6 Å². The van der Waals surface area contributed by atoms with E-state index in [0.717, 1.165) is 0 Å². The summed E-state index contributed by atoms with van der Waals surface area (Å²) in [6, 6.07) is 4.38. The lowest BCUT2D eigenvalue weighted by Crippen LogP contribution is -2.19. The molecule has 0 aliphatic heterocycles. The number of hydrogen-bond donors (Lipinski definition) is 1. The molecule has 1 aromatic carbocycles. The maximum Gasteiger partial charge on any atom is 0.437 e. The highest BCUT2D eigenvalue weighted by Crippen LogP contribution is 2.36. The van der Waals surface area contributed by atoms with Gasteiger partial charge in [-0.15, -0.1) is 0 Å². The number of halogens is 4. The molecule has 1 heterocycles. The standard InChI is InChI=1S/C13H7ClF3N3O2/c1-6-7(4-18)2-8(14)3-9(6)22-10-11(13(15,16)17)19-5-20-12(10)21/h2-3,5H,1H3,(H,19,20,21). The zero-order chi connectivity index (χ0) is 16.5. The second-order valence-corrected chi connectivity index (χ2v) is 4.63. The number of ether oxygens (including phenoxy) is 1. The van der Waals surface area contributed by atoms with E-state index in [0.29, 0.717) is 6.33 Å². The molecule has 0 radical (unpaired) electrons. The summed E-state index contributed by atoms with van der Waals surface area (Å²) in [5.41, 5.74) is -2.19. The van der Waals surface area contributed by atoms with Crippen molar-refractivity contribution in [2.24, 2.45) is 0 Å². The van der Waals surface area contributed by atoms with E-state index in [-0.39, 0.29) is 21.9 Å². The van der Waals surface area contributed by atoms with Gasteiger partial charge in [0.15, 0.2) is 5.69 Å². The zero-order valence-electron chi connectivity index (χ0n) is 11.0. The lowest BCUT2D eigenvalue weighted by molar-refractivity contribution is -0.142. The topological polar surface area (TPSA) is 78.8 Å². The molecule has 0 saturated carbocycles. The van der Waals surface area contributed by atoms with Crippen molar-refractivity contribution in [3.05, 3.63) is 50.7 Å². The van der Waals surface area contributed by atoms with E-state index in [1.54, 1.807) is 0 Å². The predicted octanol–water partition coefficient (Wildman–Crippen LogP) is 3.41. The van der Waals surface area contributed by atoms with E-state index in [4.69, 9.17) is 21.6 Å². The average Bonchev–Trinajstić information content (AvgIpc) is 2.43. The SMILES string of the molecule is Cc1c(C#N)cc(Cl)cc1Oc1c(C(F)(F)F)nc[nH]c1=O. The second-order valence-electron chi connectivity index (χ2n) is 4.20. The van der Waals surface area contributed by atoms with Crippen molar-refractivity contribution in [1.82, 2.24) is 9.97 Å². The number of nitriles is 1. The Balaban J connectivity index is 2.61. The summed E-state index contributed by atoms with van der Waals surface area (Å²) in [5, 5.41) is 9.04. The van der Waals surface area contributed by atoms with Gasteiger partial charge in [0.25, 0.3) is 5.56 Å². The van der Waals surface area contributed by atoms with Crippen LogP contribution in [0.4, 0.5) is 13.2 Å². The highest BCUT2D eigenvalue weighted by atomic mass is 35.5. The van der Waals surface area contributed by atoms with Gasteiger partial charge in [0.1, 0.15) is 5.75 Å². The number of rotatable bonds is 2. The first-order valence-electron chi connectivity index (χ1n) is 5.77. The summed E-state index contributed by atoms with van der Waals surface area (Å²) in [5.74, 6) is -1.14. The minimum absolute atomic E-state index is 0.0889. The summed E-state index contributed by atoms with van der Waals surface area (Å²) in [7, 11) is 0. The fraction of sp³-hybridized carbons (Fsp3) is 0.154. The molecule has 1 aromatic heterocycles. The van der Waals surface area contributed by atoms with Crippen LogP contribution in [-0.4, -0.2) is 9.97 Å². The normalized spacial score (nSPS) is 11.1. The molecule has 5 nitrogen and oxygen atoms in total. The third-order valence-electron chi connectivity index (χ3n) is 2.74. The van der Waals surface area contributed by atoms with Crippen LogP contribution in [0.5, 0.6) is 11.5 Å². The molecule has 114 valence electrons. The van der Waals surface area contributed by atoms with Gasteiger partial charge in [-0.1, -0.05) is 11.6 Å². The molecule has 0 aliphatic carbocycles. The molecule has 0 bridgehead atoms. The molecule has 2 rings (SSSR count). The average molecular weight is 330 g/mol. The molecule has 2 aromatic rings. The molecule has 22 heavy (non-hydrogen) atoms. The number of benzene rings is 1. The Bertz CT molecular complexity index is 825. The van der Waals surface area contributed by atoms with Crippen LogP contribution < -0.4 is 10.3 Å². The van der Waals surface area contributed by atoms with Crippen molar-refractivity contribution in [2.75, 3.05) is 0 Å². The number of aromatic nitrogens is 2. The van der Waals surface area contributed by atoms with Crippen LogP contribution in [0, 0.1) is 18.3 Å². The quantitative estimate of drug-likeness (QED) is 0.915. The van der Waals surface area contributed by atoms with E-state index in [9.17, 15) is 18.0 Å². The molecule has 9 heteroatoms. The minimum atomic E-state index is -4.87. The Morgan fingerprint density at radius 3 is 2.68 bits per heavy atom. The third kappa shape index (κ3) is 3.04. The Kier molecular flexibility index (Phi) is 4.10. The summed E-state index contributed by atoms with van der Waals surface area (Å²) in [6.45, 7) is 1.46. The lowest BCUT2D eigenvalue weighted by Gasteiger charge is -2.13. The van der Waals surface area contributed by atoms with Crippen molar-refractivity contribution in [2.45, 2.75) is 13.1 Å². The van der Waals surface area contributed by atoms with Crippen molar-refractivity contribution in [3.63, 3.8) is 0 Å². The summed E-state index contributed by atoms with van der Waals surface area (Å²) in [6.07, 6.45) is -4.24. The van der Waals surface area contributed by atoms with Crippen molar-refractivity contribution in [3.8, 4) is 17.6 Å². The second kappa shape index (κ2) is 5.69. The Morgan fingerprint density at radius 1 is 1.41 bits per heavy atom. The number of aromatic amines is 1. The number of nitrogens with one attached hydrogen (secondary N) is 1. The highest BCUT2D eigenvalue weighted by Gasteiger charge is 2.38. The van der Waals surface area contributed by atoms with E-state index < -0.39 is 23.2 Å². The third-order valence-corrected chi connectivity index (χ3v) is 2.95.